The van der Waals surface area contributed by atoms with Crippen LogP contribution < -0.4 is 10.5 Å². The van der Waals surface area contributed by atoms with Crippen molar-refractivity contribution in [2.75, 3.05) is 12.8 Å². The quantitative estimate of drug-likeness (QED) is 0.532. The van der Waals surface area contributed by atoms with Crippen molar-refractivity contribution in [3.63, 3.8) is 0 Å². The van der Waals surface area contributed by atoms with E-state index in [9.17, 15) is 9.90 Å². The number of unbranched alkanes of at least 4 members (excludes halogenated alkanes) is 3. The number of methoxy groups -OCH3 is 1. The molecule has 21 heavy (non-hydrogen) atoms. The Labute approximate surface area is 127 Å². The van der Waals surface area contributed by atoms with Gasteiger partial charge in [0.2, 0.25) is 0 Å². The minimum Gasteiger partial charge on any atom is -0.495 e. The Morgan fingerprint density at radius 2 is 2.05 bits per heavy atom. The molecule has 1 rings (SSSR count). The van der Waals surface area contributed by atoms with Gasteiger partial charge in [-0.1, -0.05) is 51.7 Å². The van der Waals surface area contributed by atoms with Crippen LogP contribution in [0.4, 0.5) is 5.69 Å². The first kappa shape index (κ1) is 17.3. The van der Waals surface area contributed by atoms with Crippen molar-refractivity contribution in [1.29, 1.82) is 0 Å². The van der Waals surface area contributed by atoms with E-state index >= 15 is 0 Å². The van der Waals surface area contributed by atoms with Gasteiger partial charge in [0.05, 0.1) is 18.7 Å². The molecule has 118 valence electrons. The predicted molar refractivity (Wildman–Crippen MR) is 85.7 cm³/mol. The predicted octanol–water partition coefficient (Wildman–Crippen LogP) is 4.05. The number of carboxylic acids is 1. The monoisotopic (exact) mass is 293 g/mol. The summed E-state index contributed by atoms with van der Waals surface area (Å²) in [5.41, 5.74) is 7.15. The number of anilines is 1. The highest BCUT2D eigenvalue weighted by molar-refractivity contribution is 5.80. The van der Waals surface area contributed by atoms with E-state index in [1.807, 2.05) is 6.92 Å². The van der Waals surface area contributed by atoms with Gasteiger partial charge in [-0.2, -0.15) is 0 Å². The minimum absolute atomic E-state index is 0.0498. The van der Waals surface area contributed by atoms with Crippen molar-refractivity contribution >= 4 is 11.7 Å². The first-order chi connectivity index (χ1) is 10.0. The summed E-state index contributed by atoms with van der Waals surface area (Å²) in [6.07, 6.45) is 5.49. The van der Waals surface area contributed by atoms with Crippen LogP contribution in [0.5, 0.6) is 5.75 Å². The highest BCUT2D eigenvalue weighted by Gasteiger charge is 2.28. The summed E-state index contributed by atoms with van der Waals surface area (Å²) in [5.74, 6) is -0.814. The van der Waals surface area contributed by atoms with Crippen molar-refractivity contribution in [3.05, 3.63) is 23.8 Å². The maximum atomic E-state index is 11.7. The number of nitrogen functional groups attached to an aromatic ring is 1. The van der Waals surface area contributed by atoms with E-state index in [4.69, 9.17) is 10.5 Å². The fourth-order valence-corrected chi connectivity index (χ4v) is 2.75. The topological polar surface area (TPSA) is 72.5 Å². The third kappa shape index (κ3) is 4.66. The molecule has 0 radical (unpaired) electrons. The summed E-state index contributed by atoms with van der Waals surface area (Å²) in [5, 5.41) is 9.59. The summed E-state index contributed by atoms with van der Waals surface area (Å²) in [6, 6.07) is 5.34. The van der Waals surface area contributed by atoms with Gasteiger partial charge in [-0.3, -0.25) is 4.79 Å². The van der Waals surface area contributed by atoms with Crippen molar-refractivity contribution in [2.24, 2.45) is 5.92 Å². The van der Waals surface area contributed by atoms with Crippen LogP contribution in [0.2, 0.25) is 0 Å². The van der Waals surface area contributed by atoms with Crippen LogP contribution in [0.1, 0.15) is 57.4 Å². The van der Waals surface area contributed by atoms with Crippen molar-refractivity contribution < 1.29 is 14.6 Å². The van der Waals surface area contributed by atoms with Gasteiger partial charge in [0.1, 0.15) is 5.75 Å². The van der Waals surface area contributed by atoms with Crippen LogP contribution >= 0.6 is 0 Å². The first-order valence-corrected chi connectivity index (χ1v) is 7.68. The largest absolute Gasteiger partial charge is 0.495 e. The average molecular weight is 293 g/mol. The van der Waals surface area contributed by atoms with Gasteiger partial charge in [-0.25, -0.2) is 0 Å². The minimum atomic E-state index is -0.821. The Morgan fingerprint density at radius 1 is 1.33 bits per heavy atom. The number of benzene rings is 1. The molecule has 0 heterocycles. The molecule has 0 fully saturated rings. The van der Waals surface area contributed by atoms with Gasteiger partial charge in [0.15, 0.2) is 0 Å². The van der Waals surface area contributed by atoms with Gasteiger partial charge < -0.3 is 15.6 Å². The number of hydrogen-bond donors (Lipinski definition) is 2. The molecule has 3 N–H and O–H groups in total. The Kier molecular flexibility index (Phi) is 7.06. The Hall–Kier alpha value is -1.71. The van der Waals surface area contributed by atoms with Gasteiger partial charge in [0.25, 0.3) is 0 Å². The smallest absolute Gasteiger partial charge is 0.311 e. The maximum absolute atomic E-state index is 11.7. The van der Waals surface area contributed by atoms with Crippen LogP contribution in [-0.2, 0) is 4.79 Å². The number of carbonyl (C=O) groups is 1. The standard InChI is InChI=1S/C17H27NO3/c1-4-5-6-7-9-12(2)15(17(19)20)13-10-8-11-14(21-3)16(13)18/h8,10-12,15H,4-7,9,18H2,1-3H3,(H,19,20). The molecular formula is C17H27NO3. The average Bonchev–Trinajstić information content (AvgIpc) is 2.45. The number of hydrogen-bond acceptors (Lipinski definition) is 3. The molecule has 1 aromatic rings. The molecule has 0 spiro atoms. The lowest BCUT2D eigenvalue weighted by atomic mass is 9.83. The van der Waals surface area contributed by atoms with E-state index in [2.05, 4.69) is 6.92 Å². The molecule has 4 heteroatoms. The fraction of sp³-hybridized carbons (Fsp3) is 0.588. The molecule has 1 aromatic carbocycles. The normalized spacial score (nSPS) is 13.7. The molecule has 4 nitrogen and oxygen atoms in total. The first-order valence-electron chi connectivity index (χ1n) is 7.68. The fourth-order valence-electron chi connectivity index (χ4n) is 2.75. The second-order valence-electron chi connectivity index (χ2n) is 5.61. The van der Waals surface area contributed by atoms with E-state index in [-0.39, 0.29) is 5.92 Å². The lowest BCUT2D eigenvalue weighted by molar-refractivity contribution is -0.140. The summed E-state index contributed by atoms with van der Waals surface area (Å²) >= 11 is 0. The zero-order chi connectivity index (χ0) is 15.8. The number of carboxylic acid groups (broad SMARTS) is 1. The lowest BCUT2D eigenvalue weighted by Crippen LogP contribution is -2.21. The zero-order valence-electron chi connectivity index (χ0n) is 13.3. The number of rotatable bonds is 9. The molecule has 0 bridgehead atoms. The molecule has 0 aliphatic heterocycles. The molecule has 0 aromatic heterocycles. The Balaban J connectivity index is 2.89. The third-order valence-corrected chi connectivity index (χ3v) is 4.00. The summed E-state index contributed by atoms with van der Waals surface area (Å²) in [6.45, 7) is 4.16. The summed E-state index contributed by atoms with van der Waals surface area (Å²) in [7, 11) is 1.54. The molecule has 2 unspecified atom stereocenters. The van der Waals surface area contributed by atoms with Crippen LogP contribution in [0.15, 0.2) is 18.2 Å². The van der Waals surface area contributed by atoms with Gasteiger partial charge in [-0.05, 0) is 24.0 Å². The summed E-state index contributed by atoms with van der Waals surface area (Å²) < 4.78 is 5.19. The second-order valence-corrected chi connectivity index (χ2v) is 5.61. The number of nitrogens with two attached hydrogens (primary N) is 1. The second kappa shape index (κ2) is 8.55. The highest BCUT2D eigenvalue weighted by Crippen LogP contribution is 2.36. The van der Waals surface area contributed by atoms with E-state index in [0.717, 1.165) is 19.3 Å². The van der Waals surface area contributed by atoms with Crippen molar-refractivity contribution in [3.8, 4) is 5.75 Å². The van der Waals surface area contributed by atoms with Crippen LogP contribution in [0.25, 0.3) is 0 Å². The molecular weight excluding hydrogens is 266 g/mol. The van der Waals surface area contributed by atoms with Gasteiger partial charge in [0, 0.05) is 0 Å². The van der Waals surface area contributed by atoms with E-state index in [1.165, 1.54) is 12.8 Å². The number of para-hydroxylation sites is 1. The Morgan fingerprint density at radius 3 is 2.62 bits per heavy atom. The zero-order valence-corrected chi connectivity index (χ0v) is 13.3. The van der Waals surface area contributed by atoms with E-state index < -0.39 is 11.9 Å². The van der Waals surface area contributed by atoms with Crippen LogP contribution in [0, 0.1) is 5.92 Å². The highest BCUT2D eigenvalue weighted by atomic mass is 16.5. The number of ether oxygens (including phenoxy) is 1. The molecule has 0 saturated heterocycles. The third-order valence-electron chi connectivity index (χ3n) is 4.00. The molecule has 0 aliphatic rings. The molecule has 2 atom stereocenters. The van der Waals surface area contributed by atoms with Gasteiger partial charge in [-0.15, -0.1) is 0 Å². The SMILES string of the molecule is CCCCCCC(C)C(C(=O)O)c1cccc(OC)c1N. The van der Waals surface area contributed by atoms with Gasteiger partial charge >= 0.3 is 5.97 Å². The van der Waals surface area contributed by atoms with E-state index in [1.54, 1.807) is 25.3 Å². The maximum Gasteiger partial charge on any atom is 0.311 e. The summed E-state index contributed by atoms with van der Waals surface area (Å²) in [4.78, 5) is 11.7. The van der Waals surface area contributed by atoms with Crippen LogP contribution in [-0.4, -0.2) is 18.2 Å². The molecule has 0 saturated carbocycles. The van der Waals surface area contributed by atoms with E-state index in [0.29, 0.717) is 17.0 Å². The molecule has 0 aliphatic carbocycles. The Bertz CT molecular complexity index is 459. The van der Waals surface area contributed by atoms with Crippen LogP contribution in [0.3, 0.4) is 0 Å². The van der Waals surface area contributed by atoms with Crippen molar-refractivity contribution in [2.45, 2.75) is 51.9 Å². The number of aliphatic carboxylic acids is 1. The molecule has 0 amide bonds. The van der Waals surface area contributed by atoms with Crippen molar-refractivity contribution in [1.82, 2.24) is 0 Å². The lowest BCUT2D eigenvalue weighted by Gasteiger charge is -2.22.